The first kappa shape index (κ1) is 13.5. The molecule has 3 heterocycles. The van der Waals surface area contributed by atoms with Crippen molar-refractivity contribution in [1.29, 1.82) is 0 Å². The molecule has 0 aliphatic heterocycles. The van der Waals surface area contributed by atoms with Crippen molar-refractivity contribution in [3.8, 4) is 22.8 Å². The lowest BCUT2D eigenvalue weighted by molar-refractivity contribution is 0.387. The molecule has 0 fully saturated rings. The normalized spacial score (nSPS) is 11.2. The molecule has 9 nitrogen and oxygen atoms in total. The molecule has 23 heavy (non-hydrogen) atoms. The third kappa shape index (κ3) is 2.32. The summed E-state index contributed by atoms with van der Waals surface area (Å²) in [6.07, 6.45) is 1.31. The molecule has 0 amide bonds. The van der Waals surface area contributed by atoms with Gasteiger partial charge in [-0.2, -0.15) is 0 Å². The number of rotatable bonds is 2. The fraction of sp³-hybridized carbons (Fsp3) is 0. The molecule has 1 aromatic carbocycles. The highest BCUT2D eigenvalue weighted by Gasteiger charge is 2.12. The first-order valence-electron chi connectivity index (χ1n) is 6.31. The van der Waals surface area contributed by atoms with Crippen LogP contribution in [-0.4, -0.2) is 25.1 Å². The van der Waals surface area contributed by atoms with Gasteiger partial charge in [-0.05, 0) is 18.2 Å². The Morgan fingerprint density at radius 1 is 1.00 bits per heavy atom. The van der Waals surface area contributed by atoms with E-state index in [1.807, 2.05) is 0 Å². The first-order chi connectivity index (χ1) is 11.1. The minimum Gasteiger partial charge on any atom is -0.406 e. The minimum atomic E-state index is -0.680. The number of nitrogens with zero attached hydrogens (tertiary/aromatic N) is 3. The molecule has 0 unspecified atom stereocenters. The highest BCUT2D eigenvalue weighted by molar-refractivity contribution is 6.35. The van der Waals surface area contributed by atoms with Gasteiger partial charge >= 0.3 is 11.5 Å². The lowest BCUT2D eigenvalue weighted by atomic mass is 10.1. The zero-order chi connectivity index (χ0) is 16.0. The summed E-state index contributed by atoms with van der Waals surface area (Å²) in [4.78, 5) is 35.4. The van der Waals surface area contributed by atoms with Crippen LogP contribution in [0.4, 0.5) is 0 Å². The Bertz CT molecular complexity index is 1140. The Hall–Kier alpha value is -3.20. The monoisotopic (exact) mass is 331 g/mol. The second kappa shape index (κ2) is 4.92. The van der Waals surface area contributed by atoms with Crippen LogP contribution in [0.15, 0.2) is 43.1 Å². The Balaban J connectivity index is 1.87. The van der Waals surface area contributed by atoms with Gasteiger partial charge in [0.25, 0.3) is 0 Å². The maximum Gasteiger partial charge on any atom is 0.439 e. The van der Waals surface area contributed by atoms with Crippen LogP contribution >= 0.6 is 11.6 Å². The Kier molecular flexibility index (Phi) is 2.88. The van der Waals surface area contributed by atoms with E-state index in [1.54, 1.807) is 18.2 Å². The zero-order valence-corrected chi connectivity index (χ0v) is 11.9. The molecule has 0 bridgehead atoms. The highest BCUT2D eigenvalue weighted by atomic mass is 35.5. The Labute approximate surface area is 130 Å². The Morgan fingerprint density at radius 2 is 1.83 bits per heavy atom. The second-order valence-corrected chi connectivity index (χ2v) is 4.99. The highest BCUT2D eigenvalue weighted by Crippen LogP contribution is 2.29. The van der Waals surface area contributed by atoms with Crippen molar-refractivity contribution in [2.45, 2.75) is 0 Å². The third-order valence-electron chi connectivity index (χ3n) is 3.12. The standard InChI is InChI=1S/C13H6ClN5O4/c14-6-1-5(2-8-10(6)22-12(20)17-8)7-3-9(16-4-15-7)11-18-13(21)23-19-11/h1-4H,(H,17,20)(H,18,19,21). The zero-order valence-electron chi connectivity index (χ0n) is 11.2. The van der Waals surface area contributed by atoms with Gasteiger partial charge in [-0.1, -0.05) is 16.8 Å². The van der Waals surface area contributed by atoms with Crippen molar-refractivity contribution < 1.29 is 8.94 Å². The van der Waals surface area contributed by atoms with Crippen LogP contribution in [0.1, 0.15) is 0 Å². The topological polar surface area (TPSA) is 131 Å². The summed E-state index contributed by atoms with van der Waals surface area (Å²) < 4.78 is 9.40. The van der Waals surface area contributed by atoms with Crippen LogP contribution in [-0.2, 0) is 0 Å². The summed E-state index contributed by atoms with van der Waals surface area (Å²) in [5, 5.41) is 3.84. The molecule has 114 valence electrons. The van der Waals surface area contributed by atoms with E-state index in [0.717, 1.165) is 0 Å². The average molecular weight is 332 g/mol. The maximum atomic E-state index is 11.3. The molecular weight excluding hydrogens is 326 g/mol. The number of oxazole rings is 1. The number of aromatic amines is 2. The van der Waals surface area contributed by atoms with Crippen molar-refractivity contribution in [2.75, 3.05) is 0 Å². The van der Waals surface area contributed by atoms with Crippen LogP contribution in [0, 0.1) is 0 Å². The third-order valence-corrected chi connectivity index (χ3v) is 3.40. The number of benzene rings is 1. The van der Waals surface area contributed by atoms with Gasteiger partial charge in [-0.3, -0.25) is 14.5 Å². The van der Waals surface area contributed by atoms with Gasteiger partial charge < -0.3 is 4.42 Å². The molecule has 2 N–H and O–H groups in total. The van der Waals surface area contributed by atoms with Crippen LogP contribution in [0.2, 0.25) is 5.02 Å². The lowest BCUT2D eigenvalue weighted by Crippen LogP contribution is -1.96. The van der Waals surface area contributed by atoms with Gasteiger partial charge in [0.05, 0.1) is 16.2 Å². The number of hydrogen-bond acceptors (Lipinski definition) is 7. The fourth-order valence-electron chi connectivity index (χ4n) is 2.15. The summed E-state index contributed by atoms with van der Waals surface area (Å²) >= 11 is 6.11. The molecular formula is C13H6ClN5O4. The van der Waals surface area contributed by atoms with E-state index in [9.17, 15) is 9.59 Å². The molecule has 4 aromatic rings. The van der Waals surface area contributed by atoms with Crippen LogP contribution in [0.3, 0.4) is 0 Å². The van der Waals surface area contributed by atoms with Crippen LogP contribution in [0.5, 0.6) is 0 Å². The second-order valence-electron chi connectivity index (χ2n) is 4.58. The van der Waals surface area contributed by atoms with Crippen molar-refractivity contribution in [1.82, 2.24) is 25.1 Å². The molecule has 0 aliphatic rings. The lowest BCUT2D eigenvalue weighted by Gasteiger charge is -2.03. The van der Waals surface area contributed by atoms with E-state index >= 15 is 0 Å². The predicted molar refractivity (Wildman–Crippen MR) is 79.0 cm³/mol. The fourth-order valence-corrected chi connectivity index (χ4v) is 2.41. The molecule has 0 saturated heterocycles. The van der Waals surface area contributed by atoms with Gasteiger partial charge in [0, 0.05) is 5.56 Å². The van der Waals surface area contributed by atoms with Crippen molar-refractivity contribution in [3.05, 3.63) is 50.7 Å². The minimum absolute atomic E-state index is 0.183. The van der Waals surface area contributed by atoms with E-state index in [2.05, 4.69) is 29.6 Å². The summed E-state index contributed by atoms with van der Waals surface area (Å²) in [5.74, 6) is -1.09. The summed E-state index contributed by atoms with van der Waals surface area (Å²) in [6.45, 7) is 0. The molecule has 0 radical (unpaired) electrons. The number of aromatic nitrogens is 5. The van der Waals surface area contributed by atoms with Crippen LogP contribution < -0.4 is 11.5 Å². The summed E-state index contributed by atoms with van der Waals surface area (Å²) in [7, 11) is 0. The SMILES string of the molecule is O=c1[nH]c(-c2cc(-c3cc(Cl)c4oc(=O)[nH]c4c3)ncn2)no1. The van der Waals surface area contributed by atoms with Crippen molar-refractivity contribution in [2.24, 2.45) is 0 Å². The number of halogens is 1. The van der Waals surface area contributed by atoms with Gasteiger partial charge in [0.15, 0.2) is 5.58 Å². The van der Waals surface area contributed by atoms with Gasteiger partial charge in [0.2, 0.25) is 5.82 Å². The van der Waals surface area contributed by atoms with Gasteiger partial charge in [0.1, 0.15) is 12.0 Å². The van der Waals surface area contributed by atoms with Gasteiger partial charge in [-0.15, -0.1) is 0 Å². The van der Waals surface area contributed by atoms with Crippen molar-refractivity contribution >= 4 is 22.7 Å². The molecule has 10 heteroatoms. The molecule has 3 aromatic heterocycles. The van der Waals surface area contributed by atoms with E-state index in [-0.39, 0.29) is 16.4 Å². The number of nitrogens with one attached hydrogen (secondary N) is 2. The predicted octanol–water partition coefficient (Wildman–Crippen LogP) is 1.57. The number of H-pyrrole nitrogens is 2. The molecule has 0 saturated carbocycles. The number of hydrogen-bond donors (Lipinski definition) is 2. The molecule has 0 atom stereocenters. The van der Waals surface area contributed by atoms with E-state index < -0.39 is 11.5 Å². The largest absolute Gasteiger partial charge is 0.439 e. The van der Waals surface area contributed by atoms with Gasteiger partial charge in [-0.25, -0.2) is 19.6 Å². The number of fused-ring (bicyclic) bond motifs is 1. The van der Waals surface area contributed by atoms with E-state index in [4.69, 9.17) is 16.0 Å². The Morgan fingerprint density at radius 3 is 2.61 bits per heavy atom. The summed E-state index contributed by atoms with van der Waals surface area (Å²) in [6, 6.07) is 4.88. The molecule has 0 spiro atoms. The average Bonchev–Trinajstić information content (AvgIpc) is 3.13. The summed E-state index contributed by atoms with van der Waals surface area (Å²) in [5.41, 5.74) is 2.25. The maximum absolute atomic E-state index is 11.3. The molecule has 4 rings (SSSR count). The van der Waals surface area contributed by atoms with Crippen LogP contribution in [0.25, 0.3) is 33.9 Å². The van der Waals surface area contributed by atoms with E-state index in [0.29, 0.717) is 22.5 Å². The first-order valence-corrected chi connectivity index (χ1v) is 6.69. The smallest absolute Gasteiger partial charge is 0.406 e. The quantitative estimate of drug-likeness (QED) is 0.570. The molecule has 0 aliphatic carbocycles. The van der Waals surface area contributed by atoms with Crippen molar-refractivity contribution in [3.63, 3.8) is 0 Å². The van der Waals surface area contributed by atoms with E-state index in [1.165, 1.54) is 6.33 Å².